The predicted molar refractivity (Wildman–Crippen MR) is 99.4 cm³/mol. The second-order valence-electron chi connectivity index (χ2n) is 6.08. The van der Waals surface area contributed by atoms with Gasteiger partial charge in [0.2, 0.25) is 0 Å². The third kappa shape index (κ3) is 13.2. The molecule has 0 spiro atoms. The highest BCUT2D eigenvalue weighted by Crippen LogP contribution is 2.13. The van der Waals surface area contributed by atoms with Crippen LogP contribution in [0.5, 0.6) is 0 Å². The van der Waals surface area contributed by atoms with Crippen LogP contribution in [0.1, 0.15) is 97.3 Å². The van der Waals surface area contributed by atoms with Crippen molar-refractivity contribution >= 4 is 18.6 Å². The molecular formula is C19H36O2S. The van der Waals surface area contributed by atoms with E-state index in [4.69, 9.17) is 4.74 Å². The van der Waals surface area contributed by atoms with Gasteiger partial charge in [-0.15, -0.1) is 0 Å². The fraction of sp³-hybridized carbons (Fsp3) is 0.842. The Bertz CT molecular complexity index is 287. The maximum absolute atomic E-state index is 11.9. The molecule has 0 unspecified atom stereocenters. The van der Waals surface area contributed by atoms with Gasteiger partial charge in [0.25, 0.3) is 0 Å². The zero-order valence-electron chi connectivity index (χ0n) is 14.7. The lowest BCUT2D eigenvalue weighted by Crippen LogP contribution is -2.09. The lowest BCUT2D eigenvalue weighted by atomic mass is 10.1. The molecule has 0 rings (SSSR count). The van der Waals surface area contributed by atoms with Crippen LogP contribution in [0.2, 0.25) is 0 Å². The maximum Gasteiger partial charge on any atom is 0.334 e. The van der Waals surface area contributed by atoms with Crippen molar-refractivity contribution in [3.05, 3.63) is 11.0 Å². The van der Waals surface area contributed by atoms with E-state index < -0.39 is 0 Å². The van der Waals surface area contributed by atoms with Gasteiger partial charge in [-0.1, -0.05) is 78.1 Å². The lowest BCUT2D eigenvalue weighted by molar-refractivity contribution is -0.139. The zero-order valence-corrected chi connectivity index (χ0v) is 15.6. The Morgan fingerprint density at radius 2 is 1.32 bits per heavy atom. The Hall–Kier alpha value is -0.440. The minimum Gasteiger partial charge on any atom is -0.462 e. The van der Waals surface area contributed by atoms with Gasteiger partial charge in [0.1, 0.15) is 0 Å². The molecule has 0 amide bonds. The van der Waals surface area contributed by atoms with Crippen LogP contribution in [-0.4, -0.2) is 12.6 Å². The smallest absolute Gasteiger partial charge is 0.334 e. The van der Waals surface area contributed by atoms with E-state index >= 15 is 0 Å². The van der Waals surface area contributed by atoms with E-state index in [1.807, 2.05) is 0 Å². The van der Waals surface area contributed by atoms with E-state index in [9.17, 15) is 4.79 Å². The molecule has 22 heavy (non-hydrogen) atoms. The summed E-state index contributed by atoms with van der Waals surface area (Å²) in [5, 5.41) is 1.61. The molecule has 0 aliphatic heterocycles. The molecule has 0 aliphatic carbocycles. The Balaban J connectivity index is 3.53. The van der Waals surface area contributed by atoms with Crippen molar-refractivity contribution in [2.75, 3.05) is 6.61 Å². The summed E-state index contributed by atoms with van der Waals surface area (Å²) in [5.41, 5.74) is 0.721. The first-order chi connectivity index (χ1) is 10.8. The van der Waals surface area contributed by atoms with Crippen molar-refractivity contribution in [3.8, 4) is 0 Å². The van der Waals surface area contributed by atoms with E-state index in [1.54, 1.807) is 5.41 Å². The molecule has 0 aromatic heterocycles. The monoisotopic (exact) mass is 328 g/mol. The van der Waals surface area contributed by atoms with Gasteiger partial charge in [-0.3, -0.25) is 0 Å². The summed E-state index contributed by atoms with van der Waals surface area (Å²) in [5.74, 6) is -0.172. The van der Waals surface area contributed by atoms with Gasteiger partial charge >= 0.3 is 5.97 Å². The highest BCUT2D eigenvalue weighted by atomic mass is 32.1. The molecule has 0 aliphatic rings. The van der Waals surface area contributed by atoms with E-state index in [-0.39, 0.29) is 5.97 Å². The van der Waals surface area contributed by atoms with E-state index in [0.29, 0.717) is 6.61 Å². The molecule has 0 atom stereocenters. The summed E-state index contributed by atoms with van der Waals surface area (Å²) in [6, 6.07) is 0. The summed E-state index contributed by atoms with van der Waals surface area (Å²) in [6.45, 7) is 4.98. The van der Waals surface area contributed by atoms with Gasteiger partial charge in [0, 0.05) is 5.57 Å². The highest BCUT2D eigenvalue weighted by molar-refractivity contribution is 7.83. The van der Waals surface area contributed by atoms with Gasteiger partial charge in [0.05, 0.1) is 6.61 Å². The van der Waals surface area contributed by atoms with Crippen molar-refractivity contribution in [1.82, 2.24) is 0 Å². The van der Waals surface area contributed by atoms with Crippen LogP contribution in [0.15, 0.2) is 11.0 Å². The standard InChI is InChI=1S/C19H36O2S/c1-3-5-7-9-10-11-12-14-16-21-19(20)18(17-22)15-13-8-6-4-2/h17,22H,3-16H2,1-2H3. The molecule has 0 heterocycles. The Morgan fingerprint density at radius 1 is 0.818 bits per heavy atom. The summed E-state index contributed by atoms with van der Waals surface area (Å²) in [6.07, 6.45) is 15.5. The van der Waals surface area contributed by atoms with Crippen LogP contribution in [0.4, 0.5) is 0 Å². The molecule has 0 fully saturated rings. The summed E-state index contributed by atoms with van der Waals surface area (Å²) in [7, 11) is 0. The van der Waals surface area contributed by atoms with Crippen molar-refractivity contribution in [2.45, 2.75) is 97.3 Å². The van der Waals surface area contributed by atoms with Gasteiger partial charge in [-0.05, 0) is 24.7 Å². The van der Waals surface area contributed by atoms with E-state index in [2.05, 4.69) is 26.5 Å². The number of carbonyl (C=O) groups excluding carboxylic acids is 1. The average Bonchev–Trinajstić information content (AvgIpc) is 2.53. The molecule has 0 bridgehead atoms. The number of rotatable bonds is 15. The molecule has 0 aromatic carbocycles. The van der Waals surface area contributed by atoms with Crippen LogP contribution < -0.4 is 0 Å². The van der Waals surface area contributed by atoms with Gasteiger partial charge < -0.3 is 4.74 Å². The summed E-state index contributed by atoms with van der Waals surface area (Å²) in [4.78, 5) is 11.9. The Morgan fingerprint density at radius 3 is 1.86 bits per heavy atom. The number of carbonyl (C=O) groups is 1. The quantitative estimate of drug-likeness (QED) is 0.162. The first kappa shape index (κ1) is 21.6. The topological polar surface area (TPSA) is 26.3 Å². The van der Waals surface area contributed by atoms with Crippen molar-refractivity contribution in [2.24, 2.45) is 0 Å². The van der Waals surface area contributed by atoms with Gasteiger partial charge in [-0.2, -0.15) is 12.6 Å². The molecule has 0 radical (unpaired) electrons. The number of hydrogen-bond acceptors (Lipinski definition) is 3. The molecule has 130 valence electrons. The van der Waals surface area contributed by atoms with Crippen molar-refractivity contribution in [3.63, 3.8) is 0 Å². The Kier molecular flexibility index (Phi) is 16.6. The van der Waals surface area contributed by atoms with Crippen LogP contribution in [0.3, 0.4) is 0 Å². The average molecular weight is 329 g/mol. The van der Waals surface area contributed by atoms with E-state index in [0.717, 1.165) is 31.3 Å². The van der Waals surface area contributed by atoms with Crippen molar-refractivity contribution < 1.29 is 9.53 Å². The molecular weight excluding hydrogens is 292 g/mol. The fourth-order valence-electron chi connectivity index (χ4n) is 2.46. The summed E-state index contributed by atoms with van der Waals surface area (Å²) >= 11 is 4.14. The lowest BCUT2D eigenvalue weighted by Gasteiger charge is -2.08. The number of ether oxygens (including phenoxy) is 1. The molecule has 0 saturated heterocycles. The third-order valence-corrected chi connectivity index (χ3v) is 4.26. The van der Waals surface area contributed by atoms with Crippen LogP contribution in [-0.2, 0) is 9.53 Å². The van der Waals surface area contributed by atoms with Crippen LogP contribution in [0, 0.1) is 0 Å². The molecule has 0 aromatic rings. The van der Waals surface area contributed by atoms with Crippen molar-refractivity contribution in [1.29, 1.82) is 0 Å². The SMILES string of the molecule is CCCCCCCCCCOC(=O)C(=CS)CCCCCC. The molecule has 3 heteroatoms. The number of thiol groups is 1. The molecule has 0 N–H and O–H groups in total. The zero-order chi connectivity index (χ0) is 16.5. The largest absolute Gasteiger partial charge is 0.462 e. The second-order valence-corrected chi connectivity index (χ2v) is 6.33. The predicted octanol–water partition coefficient (Wildman–Crippen LogP) is 6.45. The minimum atomic E-state index is -0.172. The molecule has 0 saturated carbocycles. The minimum absolute atomic E-state index is 0.172. The van der Waals surface area contributed by atoms with E-state index in [1.165, 1.54) is 57.8 Å². The maximum atomic E-state index is 11.9. The highest BCUT2D eigenvalue weighted by Gasteiger charge is 2.09. The first-order valence-electron chi connectivity index (χ1n) is 9.26. The summed E-state index contributed by atoms with van der Waals surface area (Å²) < 4.78 is 5.34. The number of esters is 1. The van der Waals surface area contributed by atoms with Crippen LogP contribution >= 0.6 is 12.6 Å². The van der Waals surface area contributed by atoms with Gasteiger partial charge in [-0.25, -0.2) is 4.79 Å². The normalized spacial score (nSPS) is 11.7. The van der Waals surface area contributed by atoms with Crippen LogP contribution in [0.25, 0.3) is 0 Å². The fourth-order valence-corrected chi connectivity index (χ4v) is 2.69. The Labute approximate surface area is 143 Å². The van der Waals surface area contributed by atoms with Gasteiger partial charge in [0.15, 0.2) is 0 Å². The first-order valence-corrected chi connectivity index (χ1v) is 9.78. The number of unbranched alkanes of at least 4 members (excludes halogenated alkanes) is 10. The number of hydrogen-bond donors (Lipinski definition) is 1. The molecule has 2 nitrogen and oxygen atoms in total. The second kappa shape index (κ2) is 16.9. The third-order valence-electron chi connectivity index (χ3n) is 3.95.